The minimum Gasteiger partial charge on any atom is -0.457 e. The van der Waals surface area contributed by atoms with Gasteiger partial charge < -0.3 is 24.4 Å². The summed E-state index contributed by atoms with van der Waals surface area (Å²) in [6.07, 6.45) is 2.80. The van der Waals surface area contributed by atoms with Crippen molar-refractivity contribution in [1.82, 2.24) is 14.4 Å². The molecule has 3 amide bonds. The van der Waals surface area contributed by atoms with Gasteiger partial charge in [-0.15, -0.1) is 0 Å². The summed E-state index contributed by atoms with van der Waals surface area (Å²) in [5.74, 6) is 1.37. The number of amides is 3. The van der Waals surface area contributed by atoms with E-state index in [-0.39, 0.29) is 24.5 Å². The van der Waals surface area contributed by atoms with Crippen molar-refractivity contribution in [2.24, 2.45) is 0 Å². The SMILES string of the molecule is CCCN(CC(=O)N1CCn2cccc2[C@@H]1c1cccc(Oc2ccccc2)c1)C(=O)Nc1ccccc1C. The third kappa shape index (κ3) is 5.98. The van der Waals surface area contributed by atoms with E-state index in [2.05, 4.69) is 16.0 Å². The number of anilines is 1. The molecular formula is C32H34N4O3. The van der Waals surface area contributed by atoms with Crippen molar-refractivity contribution >= 4 is 17.6 Å². The molecular weight excluding hydrogens is 488 g/mol. The van der Waals surface area contributed by atoms with Crippen LogP contribution in [0, 0.1) is 6.92 Å². The van der Waals surface area contributed by atoms with Crippen molar-refractivity contribution in [3.8, 4) is 11.5 Å². The summed E-state index contributed by atoms with van der Waals surface area (Å²) in [6, 6.07) is 28.7. The van der Waals surface area contributed by atoms with E-state index in [1.54, 1.807) is 4.90 Å². The lowest BCUT2D eigenvalue weighted by molar-refractivity contribution is -0.134. The minimum atomic E-state index is -0.288. The molecule has 0 saturated carbocycles. The zero-order valence-electron chi connectivity index (χ0n) is 22.4. The molecule has 200 valence electrons. The molecule has 1 aliphatic heterocycles. The molecule has 0 radical (unpaired) electrons. The Kier molecular flexibility index (Phi) is 7.96. The van der Waals surface area contributed by atoms with E-state index in [0.29, 0.717) is 25.4 Å². The number of rotatable bonds is 8. The summed E-state index contributed by atoms with van der Waals surface area (Å²) in [7, 11) is 0. The molecule has 2 heterocycles. The molecule has 5 rings (SSSR count). The fraction of sp³-hybridized carbons (Fsp3) is 0.250. The van der Waals surface area contributed by atoms with E-state index in [1.165, 1.54) is 0 Å². The Labute approximate surface area is 229 Å². The van der Waals surface area contributed by atoms with Crippen molar-refractivity contribution in [2.45, 2.75) is 32.9 Å². The molecule has 0 unspecified atom stereocenters. The van der Waals surface area contributed by atoms with E-state index in [1.807, 2.05) is 110 Å². The lowest BCUT2D eigenvalue weighted by atomic mass is 9.99. The van der Waals surface area contributed by atoms with Gasteiger partial charge in [0.25, 0.3) is 0 Å². The van der Waals surface area contributed by atoms with Gasteiger partial charge in [-0.3, -0.25) is 4.79 Å². The van der Waals surface area contributed by atoms with Gasteiger partial charge in [0.15, 0.2) is 0 Å². The predicted octanol–water partition coefficient (Wildman–Crippen LogP) is 6.46. The van der Waals surface area contributed by atoms with E-state index >= 15 is 0 Å². The molecule has 0 aliphatic carbocycles. The Hall–Kier alpha value is -4.52. The molecule has 7 nitrogen and oxygen atoms in total. The zero-order valence-corrected chi connectivity index (χ0v) is 22.4. The highest BCUT2D eigenvalue weighted by Gasteiger charge is 2.33. The van der Waals surface area contributed by atoms with Gasteiger partial charge in [0.1, 0.15) is 18.0 Å². The van der Waals surface area contributed by atoms with Crippen molar-refractivity contribution in [1.29, 1.82) is 0 Å². The standard InChI is InChI=1S/C32H34N4O3/c1-3-18-35(32(38)33-28-16-8-7-11-24(28)2)23-30(37)36-21-20-34-19-10-17-29(34)31(36)25-12-9-15-27(22-25)39-26-13-5-4-6-14-26/h4-17,19,22,31H,3,18,20-21,23H2,1-2H3,(H,33,38)/t31-/m0/s1. The number of nitrogens with one attached hydrogen (secondary N) is 1. The Bertz CT molecular complexity index is 1430. The minimum absolute atomic E-state index is 0.00295. The lowest BCUT2D eigenvalue weighted by Crippen LogP contribution is -2.48. The van der Waals surface area contributed by atoms with Crippen LogP contribution in [-0.2, 0) is 11.3 Å². The first-order valence-corrected chi connectivity index (χ1v) is 13.4. The van der Waals surface area contributed by atoms with Gasteiger partial charge in [-0.25, -0.2) is 4.79 Å². The van der Waals surface area contributed by atoms with E-state index in [9.17, 15) is 9.59 Å². The fourth-order valence-corrected chi connectivity index (χ4v) is 5.06. The maximum atomic E-state index is 13.9. The number of benzene rings is 3. The summed E-state index contributed by atoms with van der Waals surface area (Å²) in [4.78, 5) is 30.6. The molecule has 4 aromatic rings. The average Bonchev–Trinajstić information content (AvgIpc) is 3.43. The highest BCUT2D eigenvalue weighted by Crippen LogP contribution is 2.35. The van der Waals surface area contributed by atoms with Crippen LogP contribution in [0.25, 0.3) is 0 Å². The van der Waals surface area contributed by atoms with Crippen molar-refractivity contribution in [3.63, 3.8) is 0 Å². The monoisotopic (exact) mass is 522 g/mol. The third-order valence-corrected chi connectivity index (χ3v) is 7.00. The number of fused-ring (bicyclic) bond motifs is 1. The highest BCUT2D eigenvalue weighted by molar-refractivity contribution is 5.93. The smallest absolute Gasteiger partial charge is 0.322 e. The molecule has 0 bridgehead atoms. The van der Waals surface area contributed by atoms with E-state index < -0.39 is 0 Å². The summed E-state index contributed by atoms with van der Waals surface area (Å²) in [5.41, 5.74) is 3.73. The van der Waals surface area contributed by atoms with Crippen LogP contribution in [0.15, 0.2) is 97.2 Å². The molecule has 0 saturated heterocycles. The molecule has 7 heteroatoms. The number of aryl methyl sites for hydroxylation is 1. The molecule has 0 spiro atoms. The number of ether oxygens (including phenoxy) is 1. The van der Waals surface area contributed by atoms with Crippen LogP contribution in [0.2, 0.25) is 0 Å². The average molecular weight is 523 g/mol. The van der Waals surface area contributed by atoms with Gasteiger partial charge in [-0.2, -0.15) is 0 Å². The second-order valence-corrected chi connectivity index (χ2v) is 9.77. The topological polar surface area (TPSA) is 66.8 Å². The van der Waals surface area contributed by atoms with Crippen LogP contribution in [0.1, 0.15) is 36.2 Å². The molecule has 1 aliphatic rings. The molecule has 39 heavy (non-hydrogen) atoms. The van der Waals surface area contributed by atoms with Gasteiger partial charge in [0.2, 0.25) is 5.91 Å². The number of hydrogen-bond donors (Lipinski definition) is 1. The van der Waals surface area contributed by atoms with Crippen LogP contribution in [0.4, 0.5) is 10.5 Å². The van der Waals surface area contributed by atoms with Crippen LogP contribution in [0.3, 0.4) is 0 Å². The highest BCUT2D eigenvalue weighted by atomic mass is 16.5. The molecule has 0 fully saturated rings. The molecule has 1 aromatic heterocycles. The van der Waals surface area contributed by atoms with Crippen molar-refractivity contribution < 1.29 is 14.3 Å². The number of carbonyl (C=O) groups excluding carboxylic acids is 2. The first-order chi connectivity index (χ1) is 19.0. The second-order valence-electron chi connectivity index (χ2n) is 9.77. The summed E-state index contributed by atoms with van der Waals surface area (Å²) >= 11 is 0. The second kappa shape index (κ2) is 11.9. The maximum absolute atomic E-state index is 13.9. The molecule has 1 atom stereocenters. The largest absolute Gasteiger partial charge is 0.457 e. The van der Waals surface area contributed by atoms with Crippen LogP contribution in [-0.4, -0.2) is 45.9 Å². The van der Waals surface area contributed by atoms with Crippen LogP contribution < -0.4 is 10.1 Å². The molecule has 3 aromatic carbocycles. The molecule has 1 N–H and O–H groups in total. The Morgan fingerprint density at radius 2 is 1.69 bits per heavy atom. The number of urea groups is 1. The van der Waals surface area contributed by atoms with Crippen LogP contribution >= 0.6 is 0 Å². The van der Waals surface area contributed by atoms with Crippen LogP contribution in [0.5, 0.6) is 11.5 Å². The Morgan fingerprint density at radius 1 is 0.923 bits per heavy atom. The number of nitrogens with zero attached hydrogens (tertiary/aromatic N) is 3. The van der Waals surface area contributed by atoms with Gasteiger partial charge in [-0.05, 0) is 66.9 Å². The van der Waals surface area contributed by atoms with Crippen molar-refractivity contribution in [3.05, 3.63) is 114 Å². The fourth-order valence-electron chi connectivity index (χ4n) is 5.06. The van der Waals surface area contributed by atoms with Gasteiger partial charge in [0, 0.05) is 37.2 Å². The van der Waals surface area contributed by atoms with Gasteiger partial charge in [-0.1, -0.05) is 55.5 Å². The quantitative estimate of drug-likeness (QED) is 0.289. The number of carbonyl (C=O) groups is 2. The summed E-state index contributed by atoms with van der Waals surface area (Å²) < 4.78 is 8.29. The Balaban J connectivity index is 1.39. The summed E-state index contributed by atoms with van der Waals surface area (Å²) in [6.45, 7) is 5.70. The zero-order chi connectivity index (χ0) is 27.2. The first kappa shape index (κ1) is 26.1. The summed E-state index contributed by atoms with van der Waals surface area (Å²) in [5, 5.41) is 2.98. The van der Waals surface area contributed by atoms with Gasteiger partial charge in [0.05, 0.1) is 6.04 Å². The number of aromatic nitrogens is 1. The first-order valence-electron chi connectivity index (χ1n) is 13.4. The van der Waals surface area contributed by atoms with E-state index in [4.69, 9.17) is 4.74 Å². The van der Waals surface area contributed by atoms with E-state index in [0.717, 1.165) is 34.7 Å². The third-order valence-electron chi connectivity index (χ3n) is 7.00. The Morgan fingerprint density at radius 3 is 2.49 bits per heavy atom. The van der Waals surface area contributed by atoms with Gasteiger partial charge >= 0.3 is 6.03 Å². The normalized spacial score (nSPS) is 14.4. The predicted molar refractivity (Wildman–Crippen MR) is 153 cm³/mol. The van der Waals surface area contributed by atoms with Crippen molar-refractivity contribution in [2.75, 3.05) is 25.0 Å². The number of hydrogen-bond acceptors (Lipinski definition) is 3. The number of para-hydroxylation sites is 2. The lowest BCUT2D eigenvalue weighted by Gasteiger charge is -2.38. The maximum Gasteiger partial charge on any atom is 0.322 e.